The van der Waals surface area contributed by atoms with E-state index in [0.717, 1.165) is 21.7 Å². The summed E-state index contributed by atoms with van der Waals surface area (Å²) < 4.78 is 0. The summed E-state index contributed by atoms with van der Waals surface area (Å²) >= 11 is 1.61. The number of aliphatic hydroxyl groups excluding tert-OH is 1. The number of carbonyl (C=O) groups excluding carboxylic acids is 2. The van der Waals surface area contributed by atoms with Gasteiger partial charge in [0.1, 0.15) is 6.04 Å². The molecule has 3 N–H and O–H groups in total. The van der Waals surface area contributed by atoms with Crippen LogP contribution in [-0.2, 0) is 9.59 Å². The average Bonchev–Trinajstić information content (AvgIpc) is 3.38. The third kappa shape index (κ3) is 6.46. The Bertz CT molecular complexity index is 1010. The number of rotatable bonds is 8. The van der Waals surface area contributed by atoms with Crippen LogP contribution in [0.25, 0.3) is 10.4 Å². The molecule has 0 radical (unpaired) electrons. The molecule has 2 aromatic rings. The number of amides is 2. The summed E-state index contributed by atoms with van der Waals surface area (Å²) in [6.45, 7) is 8.71. The van der Waals surface area contributed by atoms with Gasteiger partial charge < -0.3 is 25.5 Å². The smallest absolute Gasteiger partial charge is 0.243 e. The predicted molar refractivity (Wildman–Crippen MR) is 140 cm³/mol. The van der Waals surface area contributed by atoms with E-state index < -0.39 is 18.2 Å². The summed E-state index contributed by atoms with van der Waals surface area (Å²) in [6, 6.07) is 6.76. The Morgan fingerprint density at radius 3 is 2.43 bits per heavy atom. The highest BCUT2D eigenvalue weighted by atomic mass is 32.1. The highest BCUT2D eigenvalue weighted by molar-refractivity contribution is 7.13. The van der Waals surface area contributed by atoms with Crippen molar-refractivity contribution in [2.75, 3.05) is 34.2 Å². The molecule has 0 saturated carbocycles. The van der Waals surface area contributed by atoms with Gasteiger partial charge in [-0.15, -0.1) is 11.3 Å². The first kappa shape index (κ1) is 27.3. The number of thiazole rings is 1. The molecule has 0 bridgehead atoms. The third-order valence-corrected chi connectivity index (χ3v) is 7.43. The number of aromatic nitrogens is 1. The zero-order valence-electron chi connectivity index (χ0n) is 21.8. The number of carbonyl (C=O) groups is 2. The van der Waals surface area contributed by atoms with Crippen molar-refractivity contribution in [3.8, 4) is 10.4 Å². The van der Waals surface area contributed by atoms with Gasteiger partial charge in [-0.05, 0) is 44.6 Å². The predicted octanol–water partition coefficient (Wildman–Crippen LogP) is 2.43. The molecular weight excluding hydrogens is 462 g/mol. The average molecular weight is 502 g/mol. The quantitative estimate of drug-likeness (QED) is 0.514. The van der Waals surface area contributed by atoms with E-state index >= 15 is 0 Å². The van der Waals surface area contributed by atoms with E-state index in [9.17, 15) is 14.7 Å². The van der Waals surface area contributed by atoms with Crippen LogP contribution in [0.1, 0.15) is 44.5 Å². The van der Waals surface area contributed by atoms with E-state index in [1.807, 2.05) is 64.3 Å². The van der Waals surface area contributed by atoms with Crippen LogP contribution in [0.2, 0.25) is 0 Å². The van der Waals surface area contributed by atoms with Crippen LogP contribution in [0.4, 0.5) is 0 Å². The van der Waals surface area contributed by atoms with Crippen molar-refractivity contribution >= 4 is 23.2 Å². The Hall–Kier alpha value is -2.33. The van der Waals surface area contributed by atoms with Crippen molar-refractivity contribution in [2.24, 2.45) is 5.41 Å². The van der Waals surface area contributed by atoms with Crippen LogP contribution >= 0.6 is 11.3 Å². The van der Waals surface area contributed by atoms with Crippen molar-refractivity contribution in [2.45, 2.75) is 58.3 Å². The summed E-state index contributed by atoms with van der Waals surface area (Å²) in [5.74, 6) is -0.405. The SMILES string of the molecule is CN[C@H](C(=O)N1C[C@H](O)C[C@H]1C(=O)N[C@@H](CN(C)C)c1ccc(-c2scnc2C)cc1)C(C)(C)C. The Morgan fingerprint density at radius 1 is 1.26 bits per heavy atom. The summed E-state index contributed by atoms with van der Waals surface area (Å²) in [4.78, 5) is 35.9. The van der Waals surface area contributed by atoms with Gasteiger partial charge in [0.25, 0.3) is 0 Å². The summed E-state index contributed by atoms with van der Waals surface area (Å²) in [6.07, 6.45) is -0.488. The lowest BCUT2D eigenvalue weighted by molar-refractivity contribution is -0.142. The molecular formula is C26H39N5O3S. The van der Waals surface area contributed by atoms with Crippen molar-refractivity contribution in [3.63, 3.8) is 0 Å². The zero-order valence-corrected chi connectivity index (χ0v) is 22.6. The van der Waals surface area contributed by atoms with Gasteiger partial charge in [-0.3, -0.25) is 9.59 Å². The number of likely N-dealkylation sites (tertiary alicyclic amines) is 1. The van der Waals surface area contributed by atoms with E-state index in [0.29, 0.717) is 6.54 Å². The topological polar surface area (TPSA) is 97.8 Å². The number of aryl methyl sites for hydroxylation is 1. The number of benzene rings is 1. The molecule has 1 aromatic heterocycles. The summed E-state index contributed by atoms with van der Waals surface area (Å²) in [7, 11) is 5.67. The fraction of sp³-hybridized carbons (Fsp3) is 0.577. The Balaban J connectivity index is 1.80. The number of nitrogens with zero attached hydrogens (tertiary/aromatic N) is 3. The van der Waals surface area contributed by atoms with Crippen LogP contribution in [0.15, 0.2) is 29.8 Å². The first-order valence-electron chi connectivity index (χ1n) is 12.0. The minimum Gasteiger partial charge on any atom is -0.391 e. The van der Waals surface area contributed by atoms with E-state index in [-0.39, 0.29) is 36.2 Å². The fourth-order valence-corrected chi connectivity index (χ4v) is 5.52. The van der Waals surface area contributed by atoms with E-state index in [1.165, 1.54) is 4.90 Å². The maximum Gasteiger partial charge on any atom is 0.243 e. The molecule has 0 unspecified atom stereocenters. The van der Waals surface area contributed by atoms with Crippen molar-refractivity contribution in [1.82, 2.24) is 25.4 Å². The second-order valence-electron chi connectivity index (χ2n) is 10.7. The second-order valence-corrected chi connectivity index (χ2v) is 11.6. The summed E-state index contributed by atoms with van der Waals surface area (Å²) in [5, 5.41) is 16.6. The van der Waals surface area contributed by atoms with Crippen molar-refractivity contribution in [1.29, 1.82) is 0 Å². The molecule has 1 aliphatic rings. The lowest BCUT2D eigenvalue weighted by Crippen LogP contribution is -2.56. The number of nitrogens with one attached hydrogen (secondary N) is 2. The van der Waals surface area contributed by atoms with Gasteiger partial charge in [0.15, 0.2) is 0 Å². The number of aliphatic hydroxyl groups is 1. The molecule has 4 atom stereocenters. The van der Waals surface area contributed by atoms with Gasteiger partial charge in [-0.1, -0.05) is 45.0 Å². The number of β-amino-alcohol motifs (C(OH)–C–C–N with tert-alkyl or cyclic N) is 1. The van der Waals surface area contributed by atoms with E-state index in [4.69, 9.17) is 0 Å². The van der Waals surface area contributed by atoms with Gasteiger partial charge in [0.05, 0.1) is 34.3 Å². The first-order valence-corrected chi connectivity index (χ1v) is 12.9. The molecule has 1 fully saturated rings. The molecule has 0 aliphatic carbocycles. The van der Waals surface area contributed by atoms with E-state index in [1.54, 1.807) is 18.4 Å². The molecule has 1 aliphatic heterocycles. The molecule has 3 rings (SSSR count). The van der Waals surface area contributed by atoms with Crippen LogP contribution in [0.3, 0.4) is 0 Å². The molecule has 9 heteroatoms. The molecule has 1 saturated heterocycles. The summed E-state index contributed by atoms with van der Waals surface area (Å²) in [5.41, 5.74) is 4.60. The standard InChI is InChI=1S/C26H39N5O3S/c1-16-22(35-15-28-16)18-10-8-17(9-11-18)20(14-30(6)7)29-24(33)21-12-19(32)13-31(21)25(34)23(27-5)26(2,3)4/h8-11,15,19-21,23,27,32H,12-14H2,1-7H3,(H,29,33)/t19-,20+,21+,23-/m1/s1. The van der Waals surface area contributed by atoms with Crippen molar-refractivity contribution < 1.29 is 14.7 Å². The first-order chi connectivity index (χ1) is 16.4. The maximum absolute atomic E-state index is 13.5. The molecule has 35 heavy (non-hydrogen) atoms. The van der Waals surface area contributed by atoms with Gasteiger partial charge in [0.2, 0.25) is 11.8 Å². The molecule has 1 aromatic carbocycles. The van der Waals surface area contributed by atoms with E-state index in [2.05, 4.69) is 27.8 Å². The van der Waals surface area contributed by atoms with Gasteiger partial charge in [-0.2, -0.15) is 0 Å². The van der Waals surface area contributed by atoms with Gasteiger partial charge in [0, 0.05) is 19.5 Å². The van der Waals surface area contributed by atoms with Crippen molar-refractivity contribution in [3.05, 3.63) is 41.0 Å². The van der Waals surface area contributed by atoms with Crippen LogP contribution in [-0.4, -0.2) is 84.1 Å². The molecule has 0 spiro atoms. The largest absolute Gasteiger partial charge is 0.391 e. The second kappa shape index (κ2) is 11.2. The molecule has 2 heterocycles. The molecule has 192 valence electrons. The third-order valence-electron chi connectivity index (χ3n) is 6.45. The maximum atomic E-state index is 13.5. The Labute approximate surface area is 212 Å². The van der Waals surface area contributed by atoms with Gasteiger partial charge >= 0.3 is 0 Å². The number of likely N-dealkylation sites (N-methyl/N-ethyl adjacent to an activating group) is 2. The highest BCUT2D eigenvalue weighted by Gasteiger charge is 2.43. The monoisotopic (exact) mass is 501 g/mol. The van der Waals surface area contributed by atoms with Crippen LogP contribution in [0.5, 0.6) is 0 Å². The lowest BCUT2D eigenvalue weighted by Gasteiger charge is -2.35. The van der Waals surface area contributed by atoms with Crippen LogP contribution in [0, 0.1) is 12.3 Å². The minimum atomic E-state index is -0.721. The normalized spacial score (nSPS) is 20.2. The number of hydrogen-bond donors (Lipinski definition) is 3. The zero-order chi connectivity index (χ0) is 25.9. The van der Waals surface area contributed by atoms with Gasteiger partial charge in [-0.25, -0.2) is 4.98 Å². The molecule has 8 nitrogen and oxygen atoms in total. The lowest BCUT2D eigenvalue weighted by atomic mass is 9.86. The van der Waals surface area contributed by atoms with Crippen LogP contribution < -0.4 is 10.6 Å². The Morgan fingerprint density at radius 2 is 1.91 bits per heavy atom. The highest BCUT2D eigenvalue weighted by Crippen LogP contribution is 2.29. The molecule has 2 amide bonds. The fourth-order valence-electron chi connectivity index (χ4n) is 4.71. The Kier molecular flexibility index (Phi) is 8.69. The minimum absolute atomic E-state index is 0.159. The number of hydrogen-bond acceptors (Lipinski definition) is 7.